The molecule has 2 nitrogen and oxygen atoms in total. The number of allylic oxidation sites excluding steroid dienone is 3. The molecule has 0 unspecified atom stereocenters. The van der Waals surface area contributed by atoms with Crippen molar-refractivity contribution < 1.29 is 0 Å². The molecule has 5 aromatic carbocycles. The zero-order valence-electron chi connectivity index (χ0n) is 30.8. The summed E-state index contributed by atoms with van der Waals surface area (Å²) in [5.74, 6) is 0. The lowest BCUT2D eigenvalue weighted by Crippen LogP contribution is -2.41. The summed E-state index contributed by atoms with van der Waals surface area (Å²) >= 11 is 0. The molecule has 0 bridgehead atoms. The molecule has 0 N–H and O–H groups in total. The summed E-state index contributed by atoms with van der Waals surface area (Å²) in [6.45, 7) is 23.8. The Morgan fingerprint density at radius 3 is 1.43 bits per heavy atom. The molecule has 4 aliphatic heterocycles. The maximum absolute atomic E-state index is 2.66. The third-order valence-corrected chi connectivity index (χ3v) is 12.8. The zero-order valence-corrected chi connectivity index (χ0v) is 30.8. The van der Waals surface area contributed by atoms with Crippen molar-refractivity contribution in [2.45, 2.75) is 97.3 Å². The Labute approximate surface area is 292 Å². The van der Waals surface area contributed by atoms with Gasteiger partial charge in [-0.25, -0.2) is 0 Å². The number of fused-ring (bicyclic) bond motifs is 9. The third kappa shape index (κ3) is 3.53. The number of hydrogen-bond donors (Lipinski definition) is 0. The van der Waals surface area contributed by atoms with E-state index in [9.17, 15) is 0 Å². The zero-order chi connectivity index (χ0) is 34.4. The predicted octanol–water partition coefficient (Wildman–Crippen LogP) is 12.9. The van der Waals surface area contributed by atoms with Crippen LogP contribution in [0, 0.1) is 0 Å². The molecule has 0 aromatic heterocycles. The van der Waals surface area contributed by atoms with Crippen LogP contribution in [0.4, 0.5) is 28.4 Å². The van der Waals surface area contributed by atoms with Gasteiger partial charge in [0, 0.05) is 38.1 Å². The lowest BCUT2D eigenvalue weighted by atomic mass is 9.64. The topological polar surface area (TPSA) is 6.48 Å². The molecule has 0 spiro atoms. The molecule has 0 radical (unpaired) electrons. The summed E-state index contributed by atoms with van der Waals surface area (Å²) < 4.78 is 0. The van der Waals surface area contributed by atoms with Gasteiger partial charge in [0.1, 0.15) is 0 Å². The van der Waals surface area contributed by atoms with Crippen molar-refractivity contribution in [2.75, 3.05) is 9.80 Å². The number of anilines is 5. The van der Waals surface area contributed by atoms with Crippen molar-refractivity contribution in [1.82, 2.24) is 0 Å². The summed E-state index contributed by atoms with van der Waals surface area (Å²) in [6, 6.07) is 33.0. The summed E-state index contributed by atoms with van der Waals surface area (Å²) in [5.41, 5.74) is 18.7. The average molecular weight is 641 g/mol. The fourth-order valence-electron chi connectivity index (χ4n) is 10.3. The molecule has 0 saturated heterocycles. The van der Waals surface area contributed by atoms with Crippen molar-refractivity contribution in [3.63, 3.8) is 0 Å². The van der Waals surface area contributed by atoms with E-state index in [2.05, 4.69) is 176 Å². The molecule has 0 fully saturated rings. The third-order valence-electron chi connectivity index (χ3n) is 12.8. The lowest BCUT2D eigenvalue weighted by Gasteiger charge is -2.52. The minimum Gasteiger partial charge on any atom is -0.309 e. The van der Waals surface area contributed by atoms with Crippen LogP contribution < -0.4 is 9.80 Å². The van der Waals surface area contributed by atoms with Crippen molar-refractivity contribution in [1.29, 1.82) is 0 Å². The molecule has 246 valence electrons. The van der Waals surface area contributed by atoms with Gasteiger partial charge >= 0.3 is 0 Å². The second-order valence-electron chi connectivity index (χ2n) is 16.8. The Bertz CT molecular complexity index is 2330. The number of benzene rings is 5. The highest BCUT2D eigenvalue weighted by Gasteiger charge is 2.49. The van der Waals surface area contributed by atoms with Gasteiger partial charge in [0.05, 0.1) is 28.4 Å². The normalized spacial score (nSPS) is 21.2. The van der Waals surface area contributed by atoms with E-state index in [0.717, 1.165) is 6.42 Å². The summed E-state index contributed by atoms with van der Waals surface area (Å²) in [7, 11) is 0. The Morgan fingerprint density at radius 2 is 0.898 bits per heavy atom. The Balaban J connectivity index is 1.43. The largest absolute Gasteiger partial charge is 0.309 e. The van der Waals surface area contributed by atoms with Crippen LogP contribution in [0.2, 0.25) is 0 Å². The van der Waals surface area contributed by atoms with Crippen LogP contribution >= 0.6 is 0 Å². The van der Waals surface area contributed by atoms with Gasteiger partial charge < -0.3 is 9.80 Å². The maximum atomic E-state index is 2.66. The fourth-order valence-corrected chi connectivity index (χ4v) is 10.3. The highest BCUT2D eigenvalue weighted by molar-refractivity contribution is 6.12. The maximum Gasteiger partial charge on any atom is 0.0582 e. The summed E-state index contributed by atoms with van der Waals surface area (Å²) in [4.78, 5) is 5.29. The van der Waals surface area contributed by atoms with Crippen molar-refractivity contribution >= 4 is 39.2 Å². The molecular weight excluding hydrogens is 593 g/mol. The van der Waals surface area contributed by atoms with E-state index in [4.69, 9.17) is 0 Å². The van der Waals surface area contributed by atoms with Crippen LogP contribution in [0.5, 0.6) is 0 Å². The molecule has 4 aliphatic rings. The van der Waals surface area contributed by atoms with Gasteiger partial charge in [0.15, 0.2) is 0 Å². The molecule has 4 heterocycles. The number of rotatable bonds is 1. The first-order valence-electron chi connectivity index (χ1n) is 18.2. The van der Waals surface area contributed by atoms with E-state index in [-0.39, 0.29) is 21.7 Å². The highest BCUT2D eigenvalue weighted by Crippen LogP contribution is 2.64. The molecule has 0 atom stereocenters. The lowest BCUT2D eigenvalue weighted by molar-refractivity contribution is 0.581. The molecule has 0 saturated carbocycles. The smallest absolute Gasteiger partial charge is 0.0582 e. The minimum absolute atomic E-state index is 0.108. The van der Waals surface area contributed by atoms with E-state index < -0.39 is 0 Å². The van der Waals surface area contributed by atoms with E-state index in [1.165, 1.54) is 89.4 Å². The quantitative estimate of drug-likeness (QED) is 0.180. The van der Waals surface area contributed by atoms with Crippen LogP contribution in [0.15, 0.2) is 108 Å². The molecule has 0 amide bonds. The van der Waals surface area contributed by atoms with Crippen LogP contribution in [0.3, 0.4) is 0 Å². The molecule has 9 rings (SSSR count). The first-order valence-corrected chi connectivity index (χ1v) is 18.2. The van der Waals surface area contributed by atoms with E-state index in [1.807, 2.05) is 0 Å². The molecule has 0 aliphatic carbocycles. The standard InChI is InChI=1S/C47H48N2/c1-11-17-38-30(12-2)44(3,4)32-19-15-21-34-42(32)48(38)40-28-24-27-37-41(29(28)25-26-36(40)46(34,7)8)49-39-23-14-13-18-31(39)45(5,6)33-20-16-22-35(43(33)49)47(37,9)10/h12-27H,11H2,1-10H3. The van der Waals surface area contributed by atoms with Gasteiger partial charge in [-0.1, -0.05) is 153 Å². The molecule has 49 heavy (non-hydrogen) atoms. The first-order chi connectivity index (χ1) is 23.3. The highest BCUT2D eigenvalue weighted by atomic mass is 15.2. The van der Waals surface area contributed by atoms with Crippen LogP contribution in [0.25, 0.3) is 10.8 Å². The summed E-state index contributed by atoms with van der Waals surface area (Å²) in [5, 5.41) is 2.64. The van der Waals surface area contributed by atoms with E-state index in [1.54, 1.807) is 0 Å². The van der Waals surface area contributed by atoms with Crippen LogP contribution in [0.1, 0.15) is 115 Å². The Kier molecular flexibility index (Phi) is 5.95. The Hall–Kier alpha value is -4.56. The first kappa shape index (κ1) is 30.5. The van der Waals surface area contributed by atoms with Crippen LogP contribution in [-0.2, 0) is 21.7 Å². The van der Waals surface area contributed by atoms with Crippen LogP contribution in [-0.4, -0.2) is 0 Å². The van der Waals surface area contributed by atoms with E-state index >= 15 is 0 Å². The number of nitrogens with zero attached hydrogens (tertiary/aromatic N) is 2. The molecular formula is C47H48N2. The van der Waals surface area contributed by atoms with Crippen molar-refractivity contribution in [3.8, 4) is 0 Å². The minimum atomic E-state index is -0.164. The van der Waals surface area contributed by atoms with E-state index in [0.29, 0.717) is 0 Å². The molecule has 2 heteroatoms. The van der Waals surface area contributed by atoms with Crippen molar-refractivity contribution in [2.24, 2.45) is 0 Å². The van der Waals surface area contributed by atoms with Crippen molar-refractivity contribution in [3.05, 3.63) is 147 Å². The van der Waals surface area contributed by atoms with Gasteiger partial charge in [0.25, 0.3) is 0 Å². The summed E-state index contributed by atoms with van der Waals surface area (Å²) in [6.07, 6.45) is 5.80. The second kappa shape index (κ2) is 9.57. The number of hydrogen-bond acceptors (Lipinski definition) is 2. The monoisotopic (exact) mass is 640 g/mol. The predicted molar refractivity (Wildman–Crippen MR) is 209 cm³/mol. The van der Waals surface area contributed by atoms with Gasteiger partial charge in [-0.3, -0.25) is 0 Å². The average Bonchev–Trinajstić information content (AvgIpc) is 3.07. The van der Waals surface area contributed by atoms with Gasteiger partial charge in [-0.05, 0) is 63.9 Å². The molecule has 5 aromatic rings. The fraction of sp³-hybridized carbons (Fsp3) is 0.319. The SMILES string of the molecule is CC=C1C(=CCC)N2c3c(cccc3C(C)(C)c3ccc4c5c(ccc4c32)C(C)(C)c2cccc3c2N5c2ccccc2C3(C)C)C1(C)C. The second-order valence-corrected chi connectivity index (χ2v) is 16.8. The van der Waals surface area contributed by atoms with Gasteiger partial charge in [-0.2, -0.15) is 0 Å². The van der Waals surface area contributed by atoms with Gasteiger partial charge in [0.2, 0.25) is 0 Å². The Morgan fingerprint density at radius 1 is 0.469 bits per heavy atom. The van der Waals surface area contributed by atoms with Gasteiger partial charge in [-0.15, -0.1) is 0 Å². The number of para-hydroxylation sites is 3.